The maximum Gasteiger partial charge on any atom is 0.407 e. The zero-order valence-electron chi connectivity index (χ0n) is 33.8. The van der Waals surface area contributed by atoms with Crippen LogP contribution in [0.1, 0.15) is 105 Å². The van der Waals surface area contributed by atoms with E-state index in [0.717, 1.165) is 65.2 Å². The Morgan fingerprint density at radius 3 is 1.83 bits per heavy atom. The number of amides is 4. The van der Waals surface area contributed by atoms with E-state index in [2.05, 4.69) is 79.9 Å². The molecule has 3 aromatic carbocycles. The normalized spacial score (nSPS) is 21.7. The summed E-state index contributed by atoms with van der Waals surface area (Å²) in [6.45, 7) is 4.55. The van der Waals surface area contributed by atoms with Gasteiger partial charge in [-0.25, -0.2) is 19.6 Å². The van der Waals surface area contributed by atoms with Crippen LogP contribution in [0.25, 0.3) is 44.5 Å². The van der Waals surface area contributed by atoms with Gasteiger partial charge in [0.25, 0.3) is 0 Å². The van der Waals surface area contributed by atoms with Crippen LogP contribution in [0, 0.1) is 0 Å². The lowest BCUT2D eigenvalue weighted by Crippen LogP contribution is -2.46. The molecule has 2 aromatic heterocycles. The summed E-state index contributed by atoms with van der Waals surface area (Å²) in [7, 11) is 2.57. The van der Waals surface area contributed by atoms with Gasteiger partial charge in [0.1, 0.15) is 23.7 Å². The van der Waals surface area contributed by atoms with Crippen LogP contribution in [0.5, 0.6) is 0 Å². The third kappa shape index (κ3) is 6.97. The summed E-state index contributed by atoms with van der Waals surface area (Å²) in [4.78, 5) is 70.3. The van der Waals surface area contributed by atoms with Gasteiger partial charge in [-0.15, -0.1) is 0 Å². The van der Waals surface area contributed by atoms with E-state index in [1.165, 1.54) is 61.3 Å². The molecule has 2 aliphatic heterocycles. The van der Waals surface area contributed by atoms with Crippen LogP contribution < -0.4 is 10.6 Å². The van der Waals surface area contributed by atoms with Crippen LogP contribution in [0.2, 0.25) is 0 Å². The molecule has 4 aliphatic rings. The molecule has 5 aromatic rings. The molecular weight excluding hydrogens is 749 g/mol. The maximum absolute atomic E-state index is 13.3. The Kier molecular flexibility index (Phi) is 10.1. The van der Waals surface area contributed by atoms with Gasteiger partial charge in [0, 0.05) is 13.1 Å². The van der Waals surface area contributed by atoms with Crippen molar-refractivity contribution in [3.8, 4) is 33.5 Å². The summed E-state index contributed by atoms with van der Waals surface area (Å²) in [5, 5.41) is 5.18. The number of benzene rings is 3. The SMILES string of the molecule is COC(=O)N[C@@H](C)C(=O)N1CCC[C@H]1c1ncc(-c2ccc(-c3ccc(-c4ccc5nc([C@@H]6CCCN6C(=O)[C@H](C)NC(=O)OC)[nH]c5c4)c4c3C3CCC4C3)cc2)[nH]1. The molecule has 2 aliphatic carbocycles. The van der Waals surface area contributed by atoms with Crippen molar-refractivity contribution in [1.29, 1.82) is 0 Å². The second-order valence-electron chi connectivity index (χ2n) is 16.4. The van der Waals surface area contributed by atoms with E-state index in [9.17, 15) is 19.2 Å². The fraction of sp³-hybridized carbons (Fsp3) is 0.422. The molecule has 59 heavy (non-hydrogen) atoms. The molecule has 2 bridgehead atoms. The van der Waals surface area contributed by atoms with Crippen LogP contribution in [0.15, 0.2) is 60.8 Å². The summed E-state index contributed by atoms with van der Waals surface area (Å²) in [5.74, 6) is 2.25. The molecule has 0 radical (unpaired) electrons. The number of ether oxygens (including phenoxy) is 2. The van der Waals surface area contributed by atoms with Crippen molar-refractivity contribution in [2.75, 3.05) is 27.3 Å². The van der Waals surface area contributed by atoms with Gasteiger partial charge in [0.05, 0.1) is 49.2 Å². The predicted octanol–water partition coefficient (Wildman–Crippen LogP) is 7.47. The average Bonchev–Trinajstić information content (AvgIpc) is 4.12. The van der Waals surface area contributed by atoms with E-state index in [-0.39, 0.29) is 23.9 Å². The number of carbonyl (C=O) groups is 4. The molecule has 9 rings (SSSR count). The van der Waals surface area contributed by atoms with Gasteiger partial charge in [-0.1, -0.05) is 42.5 Å². The number of aromatic nitrogens is 4. The molecular formula is C45H50N8O6. The van der Waals surface area contributed by atoms with Crippen molar-refractivity contribution < 1.29 is 28.7 Å². The topological polar surface area (TPSA) is 175 Å². The minimum atomic E-state index is -0.704. The van der Waals surface area contributed by atoms with Crippen LogP contribution in [0.3, 0.4) is 0 Å². The molecule has 306 valence electrons. The number of alkyl carbamates (subject to hydrolysis) is 2. The highest BCUT2D eigenvalue weighted by Crippen LogP contribution is 2.58. The maximum atomic E-state index is 13.3. The molecule has 4 amide bonds. The highest BCUT2D eigenvalue weighted by Gasteiger charge is 2.41. The van der Waals surface area contributed by atoms with E-state index in [0.29, 0.717) is 24.9 Å². The lowest BCUT2D eigenvalue weighted by atomic mass is 9.81. The molecule has 3 fully saturated rings. The second kappa shape index (κ2) is 15.5. The average molecular weight is 799 g/mol. The number of rotatable bonds is 9. The Morgan fingerprint density at radius 2 is 1.24 bits per heavy atom. The first-order valence-electron chi connectivity index (χ1n) is 20.7. The molecule has 2 saturated heterocycles. The Balaban J connectivity index is 0.949. The minimum Gasteiger partial charge on any atom is -0.453 e. The van der Waals surface area contributed by atoms with Gasteiger partial charge >= 0.3 is 12.2 Å². The van der Waals surface area contributed by atoms with Crippen molar-refractivity contribution in [2.45, 2.75) is 94.8 Å². The van der Waals surface area contributed by atoms with Gasteiger partial charge < -0.3 is 39.9 Å². The molecule has 1 saturated carbocycles. The first-order chi connectivity index (χ1) is 28.6. The van der Waals surface area contributed by atoms with E-state index >= 15 is 0 Å². The number of likely N-dealkylation sites (tertiary alicyclic amines) is 2. The van der Waals surface area contributed by atoms with Crippen molar-refractivity contribution in [3.63, 3.8) is 0 Å². The monoisotopic (exact) mass is 798 g/mol. The molecule has 0 spiro atoms. The van der Waals surface area contributed by atoms with Crippen LogP contribution in [0.4, 0.5) is 9.59 Å². The summed E-state index contributed by atoms with van der Waals surface area (Å²) >= 11 is 0. The van der Waals surface area contributed by atoms with Crippen molar-refractivity contribution in [2.24, 2.45) is 0 Å². The minimum absolute atomic E-state index is 0.154. The molecule has 14 nitrogen and oxygen atoms in total. The largest absolute Gasteiger partial charge is 0.453 e. The second-order valence-corrected chi connectivity index (χ2v) is 16.4. The van der Waals surface area contributed by atoms with E-state index in [4.69, 9.17) is 14.7 Å². The van der Waals surface area contributed by atoms with E-state index < -0.39 is 24.3 Å². The Hall–Kier alpha value is -6.18. The van der Waals surface area contributed by atoms with E-state index in [1.807, 2.05) is 11.1 Å². The van der Waals surface area contributed by atoms with Crippen LogP contribution in [-0.2, 0) is 19.1 Å². The first-order valence-corrected chi connectivity index (χ1v) is 20.7. The van der Waals surface area contributed by atoms with Crippen molar-refractivity contribution in [3.05, 3.63) is 83.6 Å². The fourth-order valence-electron chi connectivity index (χ4n) is 10.1. The number of nitrogens with zero attached hydrogens (tertiary/aromatic N) is 4. The Labute approximate surface area is 342 Å². The van der Waals surface area contributed by atoms with Gasteiger partial charge in [-0.2, -0.15) is 0 Å². The predicted molar refractivity (Wildman–Crippen MR) is 221 cm³/mol. The molecule has 2 unspecified atom stereocenters. The third-order valence-corrected chi connectivity index (χ3v) is 12.9. The quantitative estimate of drug-likeness (QED) is 0.119. The smallest absolute Gasteiger partial charge is 0.407 e. The highest BCUT2D eigenvalue weighted by molar-refractivity contribution is 5.88. The van der Waals surface area contributed by atoms with E-state index in [1.54, 1.807) is 18.7 Å². The number of imidazole rings is 2. The number of carbonyl (C=O) groups excluding carboxylic acids is 4. The van der Waals surface area contributed by atoms with Crippen LogP contribution in [-0.4, -0.2) is 93.1 Å². The van der Waals surface area contributed by atoms with Gasteiger partial charge in [0.15, 0.2) is 0 Å². The van der Waals surface area contributed by atoms with Crippen molar-refractivity contribution >= 4 is 35.0 Å². The molecule has 6 atom stereocenters. The molecule has 4 N–H and O–H groups in total. The summed E-state index contributed by atoms with van der Waals surface area (Å²) in [6, 6.07) is 17.9. The first kappa shape index (κ1) is 38.3. The number of nitrogens with one attached hydrogen (secondary N) is 4. The third-order valence-electron chi connectivity index (χ3n) is 12.9. The number of hydrogen-bond donors (Lipinski definition) is 4. The highest BCUT2D eigenvalue weighted by atomic mass is 16.5. The number of fused-ring (bicyclic) bond motifs is 6. The fourth-order valence-corrected chi connectivity index (χ4v) is 10.1. The lowest BCUT2D eigenvalue weighted by molar-refractivity contribution is -0.134. The summed E-state index contributed by atoms with van der Waals surface area (Å²) < 4.78 is 9.38. The van der Waals surface area contributed by atoms with Crippen molar-refractivity contribution in [1.82, 2.24) is 40.4 Å². The zero-order chi connectivity index (χ0) is 40.9. The van der Waals surface area contributed by atoms with Gasteiger partial charge in [0.2, 0.25) is 11.8 Å². The zero-order valence-corrected chi connectivity index (χ0v) is 33.8. The number of methoxy groups -OCH3 is 2. The standard InChI is InChI=1S/C45H50N8O6/c1-24(47-44(56)58-3)42(54)52-19-5-7-36(52)40-46-23-35(51-40)27-11-9-26(10-12-27)31-16-17-32(39-30-14-13-29(21-30)38(31)39)28-15-18-33-34(22-28)50-41(49-33)37-8-6-20-53(37)43(55)25(2)48-45(57)59-4/h9-12,15-18,22-25,29-30,36-37H,5-8,13-14,19-21H2,1-4H3,(H,46,51)(H,47,56)(H,48,57)(H,49,50)/t24-,25-,29?,30?,36-,37-/m0/s1. The van der Waals surface area contributed by atoms with Gasteiger partial charge in [-0.05, 0) is 122 Å². The Morgan fingerprint density at radius 1 is 0.695 bits per heavy atom. The molecule has 4 heterocycles. The number of aromatic amines is 2. The van der Waals surface area contributed by atoms with Crippen LogP contribution >= 0.6 is 0 Å². The number of hydrogen-bond acceptors (Lipinski definition) is 8. The number of H-pyrrole nitrogens is 2. The molecule has 14 heteroatoms. The van der Waals surface area contributed by atoms with Gasteiger partial charge in [-0.3, -0.25) is 9.59 Å². The summed E-state index contributed by atoms with van der Waals surface area (Å²) in [5.41, 5.74) is 11.5. The lowest BCUT2D eigenvalue weighted by Gasteiger charge is -2.26. The Bertz CT molecular complexity index is 2440. The summed E-state index contributed by atoms with van der Waals surface area (Å²) in [6.07, 6.45) is 7.47.